The number of rotatable bonds is 3. The van der Waals surface area contributed by atoms with E-state index < -0.39 is 0 Å². The van der Waals surface area contributed by atoms with Crippen molar-refractivity contribution in [3.63, 3.8) is 0 Å². The number of likely N-dealkylation sites (N-methyl/N-ethyl adjacent to an activating group) is 1. The number of hydrogen-bond acceptors (Lipinski definition) is 3. The van der Waals surface area contributed by atoms with Crippen molar-refractivity contribution in [2.45, 2.75) is 12.5 Å². The number of pyridine rings is 1. The first-order valence-electron chi connectivity index (χ1n) is 6.68. The molecule has 0 saturated carbocycles. The molecule has 0 radical (unpaired) electrons. The predicted molar refractivity (Wildman–Crippen MR) is 90.5 cm³/mol. The summed E-state index contributed by atoms with van der Waals surface area (Å²) in [5.74, 6) is 0. The zero-order chi connectivity index (χ0) is 13.1. The lowest BCUT2D eigenvalue weighted by atomic mass is 9.89. The molecule has 0 bridgehead atoms. The number of halogens is 2. The number of nitrogens with zero attached hydrogens (tertiary/aromatic N) is 1. The first kappa shape index (κ1) is 17.9. The number of aromatic nitrogens is 1. The molecule has 5 heteroatoms. The highest BCUT2D eigenvalue weighted by atomic mass is 35.5. The van der Waals surface area contributed by atoms with Gasteiger partial charge in [0.1, 0.15) is 0 Å². The quantitative estimate of drug-likeness (QED) is 0.938. The summed E-state index contributed by atoms with van der Waals surface area (Å²) in [7, 11) is 1.96. The lowest BCUT2D eigenvalue weighted by Gasteiger charge is -2.28. The zero-order valence-electron chi connectivity index (χ0n) is 11.9. The lowest BCUT2D eigenvalue weighted by Crippen LogP contribution is -2.25. The minimum absolute atomic E-state index is 0. The molecule has 21 heavy (non-hydrogen) atoms. The van der Waals surface area contributed by atoms with Crippen LogP contribution in [0.15, 0.2) is 42.7 Å². The Labute approximate surface area is 137 Å². The Bertz CT molecular complexity index is 563. The van der Waals surface area contributed by atoms with Crippen LogP contribution in [0.5, 0.6) is 0 Å². The summed E-state index contributed by atoms with van der Waals surface area (Å²) in [6.07, 6.45) is 4.84. The van der Waals surface area contributed by atoms with Crippen LogP contribution in [0.4, 0.5) is 0 Å². The van der Waals surface area contributed by atoms with Gasteiger partial charge in [-0.3, -0.25) is 4.98 Å². The Morgan fingerprint density at radius 2 is 2.10 bits per heavy atom. The van der Waals surface area contributed by atoms with E-state index in [1.807, 2.05) is 19.3 Å². The van der Waals surface area contributed by atoms with Crippen LogP contribution < -0.4 is 5.32 Å². The van der Waals surface area contributed by atoms with Crippen LogP contribution >= 0.6 is 24.8 Å². The van der Waals surface area contributed by atoms with Gasteiger partial charge >= 0.3 is 0 Å². The molecule has 2 heterocycles. The minimum Gasteiger partial charge on any atom is -0.372 e. The van der Waals surface area contributed by atoms with Crippen LogP contribution in [-0.2, 0) is 11.2 Å². The summed E-state index contributed by atoms with van der Waals surface area (Å²) >= 11 is 0. The van der Waals surface area contributed by atoms with Gasteiger partial charge in [-0.1, -0.05) is 24.3 Å². The summed E-state index contributed by atoms with van der Waals surface area (Å²) in [6.45, 7) is 1.64. The zero-order valence-corrected chi connectivity index (χ0v) is 13.5. The van der Waals surface area contributed by atoms with Gasteiger partial charge in [-0.15, -0.1) is 24.8 Å². The number of nitrogens with one attached hydrogen (secondary N) is 1. The SMILES string of the molecule is CNC[C@H]1OCCc2cccc(-c3cccnc3)c21.Cl.Cl. The van der Waals surface area contributed by atoms with Crippen LogP contribution in [0, 0.1) is 0 Å². The van der Waals surface area contributed by atoms with E-state index in [0.29, 0.717) is 0 Å². The van der Waals surface area contributed by atoms with E-state index in [1.165, 1.54) is 16.7 Å². The summed E-state index contributed by atoms with van der Waals surface area (Å²) in [5.41, 5.74) is 5.11. The van der Waals surface area contributed by atoms with Gasteiger partial charge in [0, 0.05) is 24.5 Å². The van der Waals surface area contributed by atoms with Crippen LogP contribution in [0.25, 0.3) is 11.1 Å². The molecule has 0 unspecified atom stereocenters. The van der Waals surface area contributed by atoms with E-state index >= 15 is 0 Å². The molecule has 2 aromatic rings. The van der Waals surface area contributed by atoms with Crippen molar-refractivity contribution in [3.8, 4) is 11.1 Å². The van der Waals surface area contributed by atoms with Crippen LogP contribution in [0.2, 0.25) is 0 Å². The molecule has 0 fully saturated rings. The molecule has 3 nitrogen and oxygen atoms in total. The van der Waals surface area contributed by atoms with E-state index in [2.05, 4.69) is 34.6 Å². The predicted octanol–water partition coefficient (Wildman–Crippen LogP) is 3.43. The first-order chi connectivity index (χ1) is 9.40. The molecule has 3 rings (SSSR count). The van der Waals surface area contributed by atoms with Crippen molar-refractivity contribution < 1.29 is 4.74 Å². The Morgan fingerprint density at radius 1 is 1.24 bits per heavy atom. The second-order valence-corrected chi connectivity index (χ2v) is 4.79. The molecule has 1 aliphatic heterocycles. The van der Waals surface area contributed by atoms with Gasteiger partial charge in [-0.05, 0) is 36.2 Å². The molecule has 1 aliphatic rings. The highest BCUT2D eigenvalue weighted by molar-refractivity contribution is 5.85. The fraction of sp³-hybridized carbons (Fsp3) is 0.312. The number of ether oxygens (including phenoxy) is 1. The van der Waals surface area contributed by atoms with Crippen molar-refractivity contribution >= 4 is 24.8 Å². The Morgan fingerprint density at radius 3 is 2.81 bits per heavy atom. The molecule has 0 amide bonds. The second kappa shape index (κ2) is 8.35. The third-order valence-corrected chi connectivity index (χ3v) is 3.57. The van der Waals surface area contributed by atoms with Gasteiger partial charge in [0.15, 0.2) is 0 Å². The molecule has 1 N–H and O–H groups in total. The van der Waals surface area contributed by atoms with Gasteiger partial charge in [0.2, 0.25) is 0 Å². The average Bonchev–Trinajstić information content (AvgIpc) is 2.48. The average molecular weight is 327 g/mol. The fourth-order valence-electron chi connectivity index (χ4n) is 2.73. The van der Waals surface area contributed by atoms with Gasteiger partial charge in [0.25, 0.3) is 0 Å². The van der Waals surface area contributed by atoms with E-state index in [9.17, 15) is 0 Å². The van der Waals surface area contributed by atoms with E-state index in [4.69, 9.17) is 4.74 Å². The smallest absolute Gasteiger partial charge is 0.0957 e. The number of benzene rings is 1. The number of hydrogen-bond donors (Lipinski definition) is 1. The van der Waals surface area contributed by atoms with Gasteiger partial charge in [-0.25, -0.2) is 0 Å². The highest BCUT2D eigenvalue weighted by Crippen LogP contribution is 2.35. The molecule has 1 aromatic carbocycles. The second-order valence-electron chi connectivity index (χ2n) is 4.79. The van der Waals surface area contributed by atoms with Crippen molar-refractivity contribution in [1.29, 1.82) is 0 Å². The van der Waals surface area contributed by atoms with Crippen molar-refractivity contribution in [3.05, 3.63) is 53.9 Å². The summed E-state index contributed by atoms with van der Waals surface area (Å²) in [5, 5.41) is 3.22. The molecule has 1 atom stereocenters. The van der Waals surface area contributed by atoms with Gasteiger partial charge in [-0.2, -0.15) is 0 Å². The van der Waals surface area contributed by atoms with E-state index in [-0.39, 0.29) is 30.9 Å². The molecule has 114 valence electrons. The van der Waals surface area contributed by atoms with Crippen LogP contribution in [-0.4, -0.2) is 25.2 Å². The summed E-state index contributed by atoms with van der Waals surface area (Å²) in [6, 6.07) is 10.6. The molecular formula is C16H20Cl2N2O. The maximum absolute atomic E-state index is 5.92. The van der Waals surface area contributed by atoms with Gasteiger partial charge < -0.3 is 10.1 Å². The third kappa shape index (κ3) is 3.74. The Balaban J connectivity index is 0.00000110. The fourth-order valence-corrected chi connectivity index (χ4v) is 2.73. The van der Waals surface area contributed by atoms with Crippen molar-refractivity contribution in [2.75, 3.05) is 20.2 Å². The largest absolute Gasteiger partial charge is 0.372 e. The van der Waals surface area contributed by atoms with Crippen LogP contribution in [0.3, 0.4) is 0 Å². The topological polar surface area (TPSA) is 34.1 Å². The Hall–Kier alpha value is -1.13. The molecule has 0 aliphatic carbocycles. The maximum atomic E-state index is 5.92. The van der Waals surface area contributed by atoms with E-state index in [1.54, 1.807) is 6.20 Å². The van der Waals surface area contributed by atoms with E-state index in [0.717, 1.165) is 25.1 Å². The summed E-state index contributed by atoms with van der Waals surface area (Å²) in [4.78, 5) is 4.22. The first-order valence-corrected chi connectivity index (χ1v) is 6.68. The monoisotopic (exact) mass is 326 g/mol. The summed E-state index contributed by atoms with van der Waals surface area (Å²) < 4.78 is 5.92. The third-order valence-electron chi connectivity index (χ3n) is 3.57. The Kier molecular flexibility index (Phi) is 7.12. The van der Waals surface area contributed by atoms with Crippen molar-refractivity contribution in [1.82, 2.24) is 10.3 Å². The molecular weight excluding hydrogens is 307 g/mol. The minimum atomic E-state index is 0. The lowest BCUT2D eigenvalue weighted by molar-refractivity contribution is 0.0443. The van der Waals surface area contributed by atoms with Crippen molar-refractivity contribution in [2.24, 2.45) is 0 Å². The van der Waals surface area contributed by atoms with Gasteiger partial charge in [0.05, 0.1) is 12.7 Å². The van der Waals surface area contributed by atoms with Crippen LogP contribution in [0.1, 0.15) is 17.2 Å². The molecule has 0 spiro atoms. The molecule has 1 aromatic heterocycles. The normalized spacial score (nSPS) is 16.3. The molecule has 0 saturated heterocycles. The standard InChI is InChI=1S/C16H18N2O.2ClH/c1-17-11-15-16-12(7-9-19-15)4-2-6-14(16)13-5-3-8-18-10-13;;/h2-6,8,10,15,17H,7,9,11H2,1H3;2*1H/t15-;;/m1../s1. The maximum Gasteiger partial charge on any atom is 0.0957 e. The number of fused-ring (bicyclic) bond motifs is 1. The highest BCUT2D eigenvalue weighted by Gasteiger charge is 2.23.